The molecule has 4 rings (SSSR count). The normalized spacial score (nSPS) is 15.6. The monoisotopic (exact) mass is 331 g/mol. The van der Waals surface area contributed by atoms with Crippen molar-refractivity contribution < 1.29 is 9.26 Å². The second-order valence-electron chi connectivity index (χ2n) is 5.52. The van der Waals surface area contributed by atoms with Gasteiger partial charge in [0, 0.05) is 11.6 Å². The second-order valence-corrected chi connectivity index (χ2v) is 5.90. The summed E-state index contributed by atoms with van der Waals surface area (Å²) in [5.41, 5.74) is 1.81. The van der Waals surface area contributed by atoms with Crippen LogP contribution in [0.4, 0.5) is 0 Å². The van der Waals surface area contributed by atoms with Crippen LogP contribution < -0.4 is 4.74 Å². The number of halogens is 1. The van der Waals surface area contributed by atoms with Gasteiger partial charge in [-0.15, -0.1) is 0 Å². The van der Waals surface area contributed by atoms with E-state index in [4.69, 9.17) is 20.9 Å². The largest absolute Gasteiger partial charge is 0.479 e. The summed E-state index contributed by atoms with van der Waals surface area (Å²) in [6.45, 7) is 1.83. The van der Waals surface area contributed by atoms with Gasteiger partial charge in [0.25, 0.3) is 5.89 Å². The second kappa shape index (κ2) is 5.66. The first kappa shape index (κ1) is 14.2. The maximum absolute atomic E-state index is 5.75. The van der Waals surface area contributed by atoms with E-state index >= 15 is 0 Å². The molecule has 118 valence electrons. The van der Waals surface area contributed by atoms with Crippen molar-refractivity contribution in [3.05, 3.63) is 41.1 Å². The van der Waals surface area contributed by atoms with E-state index in [1.54, 1.807) is 18.3 Å². The van der Waals surface area contributed by atoms with Gasteiger partial charge in [-0.1, -0.05) is 16.8 Å². The van der Waals surface area contributed by atoms with Gasteiger partial charge in [0.2, 0.25) is 5.82 Å². The van der Waals surface area contributed by atoms with Gasteiger partial charge in [-0.2, -0.15) is 10.1 Å². The minimum absolute atomic E-state index is 0.380. The zero-order chi connectivity index (χ0) is 15.8. The predicted octanol–water partition coefficient (Wildman–Crippen LogP) is 3.53. The van der Waals surface area contributed by atoms with Crippen molar-refractivity contribution in [2.45, 2.75) is 31.8 Å². The molecule has 3 heterocycles. The number of hydrogen-bond acceptors (Lipinski definition) is 6. The predicted molar refractivity (Wildman–Crippen MR) is 82.1 cm³/mol. The highest BCUT2D eigenvalue weighted by molar-refractivity contribution is 6.29. The van der Waals surface area contributed by atoms with E-state index in [1.807, 2.05) is 13.0 Å². The molecule has 1 atom stereocenters. The lowest BCUT2D eigenvalue weighted by Gasteiger charge is -2.09. The van der Waals surface area contributed by atoms with Crippen LogP contribution in [0.1, 0.15) is 43.4 Å². The number of nitrogens with one attached hydrogen (secondary N) is 1. The number of aromatic amines is 1. The zero-order valence-corrected chi connectivity index (χ0v) is 13.1. The lowest BCUT2D eigenvalue weighted by Crippen LogP contribution is -2.03. The topological polar surface area (TPSA) is 89.7 Å². The molecule has 1 N–H and O–H groups in total. The van der Waals surface area contributed by atoms with Gasteiger partial charge in [0.1, 0.15) is 16.6 Å². The minimum atomic E-state index is -0.402. The van der Waals surface area contributed by atoms with Crippen molar-refractivity contribution in [3.63, 3.8) is 0 Å². The number of aromatic nitrogens is 5. The molecule has 0 aliphatic heterocycles. The molecular weight excluding hydrogens is 318 g/mol. The Hall–Kier alpha value is -2.41. The number of hydrogen-bond donors (Lipinski definition) is 1. The Labute approximate surface area is 137 Å². The van der Waals surface area contributed by atoms with E-state index in [0.29, 0.717) is 34.2 Å². The fourth-order valence-corrected chi connectivity index (χ4v) is 2.36. The molecule has 1 aliphatic carbocycles. The summed E-state index contributed by atoms with van der Waals surface area (Å²) in [7, 11) is 0. The summed E-state index contributed by atoms with van der Waals surface area (Å²) in [5.74, 6) is 2.01. The summed E-state index contributed by atoms with van der Waals surface area (Å²) < 4.78 is 11.0. The molecule has 0 unspecified atom stereocenters. The van der Waals surface area contributed by atoms with Crippen molar-refractivity contribution in [2.75, 3.05) is 0 Å². The summed E-state index contributed by atoms with van der Waals surface area (Å²) in [6, 6.07) is 5.37. The van der Waals surface area contributed by atoms with E-state index in [1.165, 1.54) is 12.8 Å². The van der Waals surface area contributed by atoms with Crippen molar-refractivity contribution in [3.8, 4) is 17.3 Å². The average molecular weight is 332 g/mol. The van der Waals surface area contributed by atoms with Crippen LogP contribution in [0.2, 0.25) is 5.15 Å². The van der Waals surface area contributed by atoms with Gasteiger partial charge in [0.05, 0.1) is 6.20 Å². The molecule has 1 saturated carbocycles. The number of H-pyrrole nitrogens is 1. The number of nitrogens with zero attached hydrogens (tertiary/aromatic N) is 4. The first-order chi connectivity index (χ1) is 11.2. The third-order valence-corrected chi connectivity index (χ3v) is 3.87. The summed E-state index contributed by atoms with van der Waals surface area (Å²) >= 11 is 5.75. The van der Waals surface area contributed by atoms with Crippen LogP contribution in [0.15, 0.2) is 28.9 Å². The molecule has 8 heteroatoms. The Morgan fingerprint density at radius 1 is 1.39 bits per heavy atom. The lowest BCUT2D eigenvalue weighted by atomic mass is 10.2. The average Bonchev–Trinajstić information content (AvgIpc) is 3.09. The van der Waals surface area contributed by atoms with Gasteiger partial charge >= 0.3 is 0 Å². The molecule has 0 bridgehead atoms. The SMILES string of the molecule is C[C@H](Oc1ccc(Cl)nc1)c1nc(-c2cc(C3CC3)[nH]n2)no1. The van der Waals surface area contributed by atoms with Crippen LogP contribution in [0.25, 0.3) is 11.5 Å². The number of rotatable bonds is 5. The van der Waals surface area contributed by atoms with Crippen LogP contribution >= 0.6 is 11.6 Å². The van der Waals surface area contributed by atoms with Crippen molar-refractivity contribution in [2.24, 2.45) is 0 Å². The third kappa shape index (κ3) is 3.05. The van der Waals surface area contributed by atoms with Crippen molar-refractivity contribution in [1.29, 1.82) is 0 Å². The van der Waals surface area contributed by atoms with E-state index in [-0.39, 0.29) is 0 Å². The van der Waals surface area contributed by atoms with Crippen LogP contribution in [-0.4, -0.2) is 25.3 Å². The first-order valence-corrected chi connectivity index (χ1v) is 7.74. The maximum Gasteiger partial charge on any atom is 0.267 e. The zero-order valence-electron chi connectivity index (χ0n) is 12.4. The van der Waals surface area contributed by atoms with Crippen LogP contribution in [-0.2, 0) is 0 Å². The molecule has 0 amide bonds. The molecule has 7 nitrogen and oxygen atoms in total. The fourth-order valence-electron chi connectivity index (χ4n) is 2.25. The van der Waals surface area contributed by atoms with Crippen LogP contribution in [0.5, 0.6) is 5.75 Å². The molecule has 0 aromatic carbocycles. The van der Waals surface area contributed by atoms with Crippen LogP contribution in [0.3, 0.4) is 0 Å². The highest BCUT2D eigenvalue weighted by Crippen LogP contribution is 2.39. The molecule has 1 fully saturated rings. The Kier molecular flexibility index (Phi) is 3.49. The molecule has 0 saturated heterocycles. The molecular formula is C15H14ClN5O2. The van der Waals surface area contributed by atoms with Gasteiger partial charge < -0.3 is 9.26 Å². The molecule has 0 spiro atoms. The van der Waals surface area contributed by atoms with Gasteiger partial charge in [0.15, 0.2) is 6.10 Å². The molecule has 3 aromatic rings. The first-order valence-electron chi connectivity index (χ1n) is 7.36. The number of pyridine rings is 1. The lowest BCUT2D eigenvalue weighted by molar-refractivity contribution is 0.175. The maximum atomic E-state index is 5.75. The Morgan fingerprint density at radius 2 is 2.26 bits per heavy atom. The van der Waals surface area contributed by atoms with Gasteiger partial charge in [-0.25, -0.2) is 4.98 Å². The van der Waals surface area contributed by atoms with E-state index in [2.05, 4.69) is 25.3 Å². The Balaban J connectivity index is 1.48. The standard InChI is InChI=1S/C15H14ClN5O2/c1-8(22-10-4-5-13(16)17-7-10)15-18-14(21-23-15)12-6-11(19-20-12)9-2-3-9/h4-9H,2-3H2,1H3,(H,19,20)/t8-/m0/s1. The summed E-state index contributed by atoms with van der Waals surface area (Å²) in [6.07, 6.45) is 3.56. The molecule has 1 aliphatic rings. The molecule has 3 aromatic heterocycles. The Bertz CT molecular complexity index is 809. The van der Waals surface area contributed by atoms with Crippen LogP contribution in [0, 0.1) is 0 Å². The summed E-state index contributed by atoms with van der Waals surface area (Å²) in [4.78, 5) is 8.32. The quantitative estimate of drug-likeness (QED) is 0.719. The van der Waals surface area contributed by atoms with Gasteiger partial charge in [-0.3, -0.25) is 5.10 Å². The minimum Gasteiger partial charge on any atom is -0.479 e. The number of ether oxygens (including phenoxy) is 1. The van der Waals surface area contributed by atoms with E-state index < -0.39 is 6.10 Å². The molecule has 23 heavy (non-hydrogen) atoms. The highest BCUT2D eigenvalue weighted by atomic mass is 35.5. The fraction of sp³-hybridized carbons (Fsp3) is 0.333. The molecule has 0 radical (unpaired) electrons. The summed E-state index contributed by atoms with van der Waals surface area (Å²) in [5, 5.41) is 11.6. The van der Waals surface area contributed by atoms with E-state index in [0.717, 1.165) is 5.69 Å². The van der Waals surface area contributed by atoms with Crippen molar-refractivity contribution >= 4 is 11.6 Å². The third-order valence-electron chi connectivity index (χ3n) is 3.65. The highest BCUT2D eigenvalue weighted by Gasteiger charge is 2.26. The Morgan fingerprint density at radius 3 is 3.00 bits per heavy atom. The van der Waals surface area contributed by atoms with E-state index in [9.17, 15) is 0 Å². The van der Waals surface area contributed by atoms with Crippen molar-refractivity contribution in [1.82, 2.24) is 25.3 Å². The smallest absolute Gasteiger partial charge is 0.267 e. The van der Waals surface area contributed by atoms with Gasteiger partial charge in [-0.05, 0) is 38.0 Å².